The molecule has 0 atom stereocenters. The van der Waals surface area contributed by atoms with Crippen molar-refractivity contribution in [1.82, 2.24) is 5.32 Å². The van der Waals surface area contributed by atoms with Gasteiger partial charge in [0.2, 0.25) is 0 Å². The van der Waals surface area contributed by atoms with Crippen LogP contribution in [0.2, 0.25) is 0 Å². The highest BCUT2D eigenvalue weighted by molar-refractivity contribution is 9.13. The molecule has 0 saturated heterocycles. The van der Waals surface area contributed by atoms with Gasteiger partial charge in [-0.15, -0.1) is 11.3 Å². The van der Waals surface area contributed by atoms with E-state index in [0.717, 1.165) is 13.8 Å². The highest BCUT2D eigenvalue weighted by Gasteiger charge is 2.11. The SMILES string of the molecule is C=C(C)COCCNC(=O)c1cc(Br)c(Br)s1. The predicted molar refractivity (Wildman–Crippen MR) is 77.7 cm³/mol. The quantitative estimate of drug-likeness (QED) is 0.603. The van der Waals surface area contributed by atoms with Crippen LogP contribution in [0, 0.1) is 0 Å². The molecule has 1 N–H and O–H groups in total. The van der Waals surface area contributed by atoms with Crippen LogP contribution in [0.3, 0.4) is 0 Å². The normalized spacial score (nSPS) is 10.3. The fourth-order valence-electron chi connectivity index (χ4n) is 1.03. The second kappa shape index (κ2) is 7.31. The van der Waals surface area contributed by atoms with E-state index in [-0.39, 0.29) is 5.91 Å². The molecule has 1 rings (SSSR count). The van der Waals surface area contributed by atoms with Crippen molar-refractivity contribution in [3.05, 3.63) is 31.4 Å². The molecule has 1 aromatic heterocycles. The van der Waals surface area contributed by atoms with Crippen molar-refractivity contribution in [3.63, 3.8) is 0 Å². The monoisotopic (exact) mass is 381 g/mol. The summed E-state index contributed by atoms with van der Waals surface area (Å²) in [6, 6.07) is 1.79. The van der Waals surface area contributed by atoms with E-state index in [0.29, 0.717) is 24.6 Å². The lowest BCUT2D eigenvalue weighted by Gasteiger charge is -2.04. The van der Waals surface area contributed by atoms with Gasteiger partial charge in [-0.25, -0.2) is 0 Å². The van der Waals surface area contributed by atoms with Gasteiger partial charge in [0, 0.05) is 11.0 Å². The molecule has 0 aliphatic rings. The zero-order valence-electron chi connectivity index (χ0n) is 9.39. The summed E-state index contributed by atoms with van der Waals surface area (Å²) in [5.74, 6) is -0.0830. The van der Waals surface area contributed by atoms with Crippen LogP contribution < -0.4 is 5.32 Å². The molecule has 6 heteroatoms. The third kappa shape index (κ3) is 5.33. The molecule has 0 radical (unpaired) electrons. The van der Waals surface area contributed by atoms with Crippen LogP contribution >= 0.6 is 43.2 Å². The molecule has 94 valence electrons. The molecular weight excluding hydrogens is 370 g/mol. The molecule has 0 aliphatic carbocycles. The third-order valence-corrected chi connectivity index (χ3v) is 5.00. The van der Waals surface area contributed by atoms with Crippen molar-refractivity contribution in [2.75, 3.05) is 19.8 Å². The van der Waals surface area contributed by atoms with Crippen molar-refractivity contribution in [2.24, 2.45) is 0 Å². The van der Waals surface area contributed by atoms with Crippen LogP contribution in [0.25, 0.3) is 0 Å². The maximum atomic E-state index is 11.7. The zero-order chi connectivity index (χ0) is 12.8. The average molecular weight is 383 g/mol. The summed E-state index contributed by atoms with van der Waals surface area (Å²) >= 11 is 8.09. The summed E-state index contributed by atoms with van der Waals surface area (Å²) in [7, 11) is 0. The highest BCUT2D eigenvalue weighted by Crippen LogP contribution is 2.32. The number of hydrogen-bond acceptors (Lipinski definition) is 3. The Hall–Kier alpha value is -0.170. The van der Waals surface area contributed by atoms with Crippen LogP contribution in [0.15, 0.2) is 26.5 Å². The van der Waals surface area contributed by atoms with Crippen molar-refractivity contribution in [3.8, 4) is 0 Å². The second-order valence-electron chi connectivity index (χ2n) is 3.50. The molecule has 0 unspecified atom stereocenters. The first-order valence-corrected chi connectivity index (χ1v) is 7.36. The Balaban J connectivity index is 2.28. The Labute approximate surface area is 121 Å². The van der Waals surface area contributed by atoms with Gasteiger partial charge in [0.15, 0.2) is 0 Å². The fraction of sp³-hybridized carbons (Fsp3) is 0.364. The Bertz CT molecular complexity index is 398. The van der Waals surface area contributed by atoms with Crippen LogP contribution in [-0.4, -0.2) is 25.7 Å². The van der Waals surface area contributed by atoms with E-state index in [1.165, 1.54) is 11.3 Å². The number of carbonyl (C=O) groups is 1. The second-order valence-corrected chi connectivity index (χ2v) is 6.72. The summed E-state index contributed by atoms with van der Waals surface area (Å²) in [6.45, 7) is 7.15. The first-order chi connectivity index (χ1) is 8.00. The average Bonchev–Trinajstić information content (AvgIpc) is 2.58. The summed E-state index contributed by atoms with van der Waals surface area (Å²) < 4.78 is 7.09. The molecule has 17 heavy (non-hydrogen) atoms. The Morgan fingerprint density at radius 1 is 1.59 bits per heavy atom. The van der Waals surface area contributed by atoms with Gasteiger partial charge < -0.3 is 10.1 Å². The molecular formula is C11H13Br2NO2S. The summed E-state index contributed by atoms with van der Waals surface area (Å²) in [5, 5.41) is 2.79. The number of ether oxygens (including phenoxy) is 1. The number of nitrogens with one attached hydrogen (secondary N) is 1. The van der Waals surface area contributed by atoms with E-state index in [9.17, 15) is 4.79 Å². The number of halogens is 2. The summed E-state index contributed by atoms with van der Waals surface area (Å²) in [4.78, 5) is 12.4. The van der Waals surface area contributed by atoms with Gasteiger partial charge in [-0.05, 0) is 44.8 Å². The van der Waals surface area contributed by atoms with E-state index in [1.54, 1.807) is 6.07 Å². The lowest BCUT2D eigenvalue weighted by atomic mass is 10.4. The Kier molecular flexibility index (Phi) is 6.40. The third-order valence-electron chi connectivity index (χ3n) is 1.75. The lowest BCUT2D eigenvalue weighted by molar-refractivity contribution is 0.0931. The molecule has 1 amide bonds. The molecule has 1 aromatic rings. The van der Waals surface area contributed by atoms with E-state index in [1.807, 2.05) is 6.92 Å². The minimum absolute atomic E-state index is 0.0830. The first-order valence-electron chi connectivity index (χ1n) is 4.96. The van der Waals surface area contributed by atoms with E-state index in [2.05, 4.69) is 43.8 Å². The van der Waals surface area contributed by atoms with Crippen LogP contribution in [0.1, 0.15) is 16.6 Å². The first kappa shape index (κ1) is 14.9. The van der Waals surface area contributed by atoms with Gasteiger partial charge in [0.25, 0.3) is 5.91 Å². The van der Waals surface area contributed by atoms with Crippen molar-refractivity contribution in [2.45, 2.75) is 6.92 Å². The zero-order valence-corrected chi connectivity index (χ0v) is 13.4. The fourth-order valence-corrected chi connectivity index (χ4v) is 2.98. The number of amides is 1. The minimum atomic E-state index is -0.0830. The largest absolute Gasteiger partial charge is 0.375 e. The van der Waals surface area contributed by atoms with Crippen LogP contribution in [0.5, 0.6) is 0 Å². The topological polar surface area (TPSA) is 38.3 Å². The van der Waals surface area contributed by atoms with Crippen molar-refractivity contribution in [1.29, 1.82) is 0 Å². The minimum Gasteiger partial charge on any atom is -0.375 e. The van der Waals surface area contributed by atoms with Gasteiger partial charge in [-0.3, -0.25) is 4.79 Å². The number of hydrogen-bond donors (Lipinski definition) is 1. The predicted octanol–water partition coefficient (Wildman–Crippen LogP) is 3.60. The summed E-state index contributed by atoms with van der Waals surface area (Å²) in [5.41, 5.74) is 0.974. The highest BCUT2D eigenvalue weighted by atomic mass is 79.9. The van der Waals surface area contributed by atoms with Gasteiger partial charge >= 0.3 is 0 Å². The maximum Gasteiger partial charge on any atom is 0.261 e. The van der Waals surface area contributed by atoms with Gasteiger partial charge in [-0.2, -0.15) is 0 Å². The van der Waals surface area contributed by atoms with Crippen molar-refractivity contribution < 1.29 is 9.53 Å². The van der Waals surface area contributed by atoms with Crippen LogP contribution in [-0.2, 0) is 4.74 Å². The van der Waals surface area contributed by atoms with E-state index < -0.39 is 0 Å². The maximum absolute atomic E-state index is 11.7. The number of carbonyl (C=O) groups excluding carboxylic acids is 1. The summed E-state index contributed by atoms with van der Waals surface area (Å²) in [6.07, 6.45) is 0. The van der Waals surface area contributed by atoms with Crippen molar-refractivity contribution >= 4 is 49.1 Å². The van der Waals surface area contributed by atoms with Gasteiger partial charge in [0.05, 0.1) is 21.9 Å². The standard InChI is InChI=1S/C11H13Br2NO2S/c1-7(2)6-16-4-3-14-11(15)9-5-8(12)10(13)17-9/h5H,1,3-4,6H2,2H3,(H,14,15). The molecule has 0 aliphatic heterocycles. The Morgan fingerprint density at radius 3 is 2.82 bits per heavy atom. The molecule has 1 heterocycles. The van der Waals surface area contributed by atoms with Gasteiger partial charge in [-0.1, -0.05) is 12.2 Å². The van der Waals surface area contributed by atoms with Gasteiger partial charge in [0.1, 0.15) is 0 Å². The van der Waals surface area contributed by atoms with E-state index >= 15 is 0 Å². The molecule has 0 bridgehead atoms. The smallest absolute Gasteiger partial charge is 0.261 e. The lowest BCUT2D eigenvalue weighted by Crippen LogP contribution is -2.26. The molecule has 0 fully saturated rings. The van der Waals surface area contributed by atoms with Crippen LogP contribution in [0.4, 0.5) is 0 Å². The molecule has 3 nitrogen and oxygen atoms in total. The number of thiophene rings is 1. The number of rotatable bonds is 6. The molecule has 0 aromatic carbocycles. The van der Waals surface area contributed by atoms with E-state index in [4.69, 9.17) is 4.74 Å². The molecule has 0 spiro atoms. The molecule has 0 saturated carbocycles. The Morgan fingerprint density at radius 2 is 2.29 bits per heavy atom.